The molecule has 8 heteroatoms. The molecule has 1 aromatic heterocycles. The number of benzene rings is 1. The lowest BCUT2D eigenvalue weighted by Crippen LogP contribution is -2.43. The van der Waals surface area contributed by atoms with Crippen LogP contribution in [0.15, 0.2) is 22.7 Å². The van der Waals surface area contributed by atoms with Crippen LogP contribution in [0.1, 0.15) is 36.2 Å². The van der Waals surface area contributed by atoms with Crippen molar-refractivity contribution in [1.82, 2.24) is 10.5 Å². The molecular formula is C17H17Cl2FN2O3. The molecule has 0 unspecified atom stereocenters. The van der Waals surface area contributed by atoms with Crippen LogP contribution in [-0.4, -0.2) is 28.8 Å². The van der Waals surface area contributed by atoms with Gasteiger partial charge in [-0.05, 0) is 31.0 Å². The van der Waals surface area contributed by atoms with E-state index in [1.54, 1.807) is 0 Å². The summed E-state index contributed by atoms with van der Waals surface area (Å²) in [5, 5.41) is 16.0. The van der Waals surface area contributed by atoms with Gasteiger partial charge in [-0.1, -0.05) is 41.2 Å². The first-order valence-corrected chi connectivity index (χ1v) is 8.79. The van der Waals surface area contributed by atoms with Crippen LogP contribution >= 0.6 is 23.2 Å². The van der Waals surface area contributed by atoms with Gasteiger partial charge in [-0.15, -0.1) is 0 Å². The zero-order valence-electron chi connectivity index (χ0n) is 13.3. The number of nitrogens with zero attached hydrogens (tertiary/aromatic N) is 1. The molecule has 1 aliphatic rings. The number of carbonyl (C=O) groups excluding carboxylic acids is 1. The maximum absolute atomic E-state index is 13.6. The first-order chi connectivity index (χ1) is 12.0. The number of hydrogen-bond acceptors (Lipinski definition) is 4. The van der Waals surface area contributed by atoms with Crippen LogP contribution in [0.3, 0.4) is 0 Å². The van der Waals surface area contributed by atoms with Gasteiger partial charge in [0.2, 0.25) is 0 Å². The van der Waals surface area contributed by atoms with Gasteiger partial charge < -0.3 is 14.9 Å². The number of aliphatic hydroxyl groups excluding tert-OH is 1. The first-order valence-electron chi connectivity index (χ1n) is 8.03. The lowest BCUT2D eigenvalue weighted by Gasteiger charge is -2.30. The highest BCUT2D eigenvalue weighted by molar-refractivity contribution is 6.36. The van der Waals surface area contributed by atoms with Crippen LogP contribution < -0.4 is 5.32 Å². The van der Waals surface area contributed by atoms with Crippen molar-refractivity contribution < 1.29 is 18.8 Å². The van der Waals surface area contributed by atoms with Crippen molar-refractivity contribution in [2.24, 2.45) is 5.92 Å². The van der Waals surface area contributed by atoms with Gasteiger partial charge in [-0.25, -0.2) is 4.39 Å². The third-order valence-corrected chi connectivity index (χ3v) is 5.15. The number of halogens is 3. The molecule has 1 amide bonds. The molecule has 2 N–H and O–H groups in total. The van der Waals surface area contributed by atoms with Crippen LogP contribution in [0.25, 0.3) is 11.3 Å². The second kappa shape index (κ2) is 7.72. The summed E-state index contributed by atoms with van der Waals surface area (Å²) in [5.41, 5.74) is 0.277. The van der Waals surface area contributed by atoms with Crippen molar-refractivity contribution in [3.8, 4) is 11.3 Å². The van der Waals surface area contributed by atoms with E-state index in [0.717, 1.165) is 25.7 Å². The first kappa shape index (κ1) is 18.2. The highest BCUT2D eigenvalue weighted by Crippen LogP contribution is 2.33. The highest BCUT2D eigenvalue weighted by Gasteiger charge is 2.29. The summed E-state index contributed by atoms with van der Waals surface area (Å²) in [6.45, 7) is 0.0206. The molecule has 25 heavy (non-hydrogen) atoms. The van der Waals surface area contributed by atoms with Crippen LogP contribution in [-0.2, 0) is 0 Å². The van der Waals surface area contributed by atoms with E-state index in [0.29, 0.717) is 5.56 Å². The molecule has 1 aliphatic carbocycles. The van der Waals surface area contributed by atoms with E-state index in [9.17, 15) is 14.3 Å². The minimum Gasteiger partial charge on any atom is -0.396 e. The number of hydrogen-bond donors (Lipinski definition) is 2. The van der Waals surface area contributed by atoms with Crippen LogP contribution in [0.2, 0.25) is 10.0 Å². The Labute approximate surface area is 154 Å². The number of nitrogens with one attached hydrogen (secondary N) is 1. The highest BCUT2D eigenvalue weighted by atomic mass is 35.5. The predicted octanol–water partition coefficient (Wildman–Crippen LogP) is 4.07. The van der Waals surface area contributed by atoms with Gasteiger partial charge in [0.05, 0.1) is 5.02 Å². The Balaban J connectivity index is 1.80. The van der Waals surface area contributed by atoms with Crippen molar-refractivity contribution in [2.75, 3.05) is 6.61 Å². The largest absolute Gasteiger partial charge is 0.396 e. The van der Waals surface area contributed by atoms with Gasteiger partial charge in [0.15, 0.2) is 11.5 Å². The van der Waals surface area contributed by atoms with Gasteiger partial charge >= 0.3 is 0 Å². The van der Waals surface area contributed by atoms with Crippen molar-refractivity contribution in [1.29, 1.82) is 0 Å². The Morgan fingerprint density at radius 2 is 2.12 bits per heavy atom. The van der Waals surface area contributed by atoms with E-state index in [-0.39, 0.29) is 40.1 Å². The molecule has 0 radical (unpaired) electrons. The molecule has 1 fully saturated rings. The van der Waals surface area contributed by atoms with Gasteiger partial charge in [-0.3, -0.25) is 4.79 Å². The Morgan fingerprint density at radius 1 is 1.36 bits per heavy atom. The number of aromatic nitrogens is 1. The summed E-state index contributed by atoms with van der Waals surface area (Å²) >= 11 is 11.9. The molecule has 0 spiro atoms. The maximum atomic E-state index is 13.6. The molecular weight excluding hydrogens is 370 g/mol. The topological polar surface area (TPSA) is 75.4 Å². The molecule has 5 nitrogen and oxygen atoms in total. The fourth-order valence-corrected chi connectivity index (χ4v) is 3.47. The average Bonchev–Trinajstić information content (AvgIpc) is 2.99. The van der Waals surface area contributed by atoms with Crippen molar-refractivity contribution in [2.45, 2.75) is 31.7 Å². The van der Waals surface area contributed by atoms with Gasteiger partial charge in [0.25, 0.3) is 5.91 Å². The summed E-state index contributed by atoms with van der Waals surface area (Å²) in [5.74, 6) is -0.969. The Morgan fingerprint density at radius 3 is 2.84 bits per heavy atom. The minimum absolute atomic E-state index is 0.00980. The fourth-order valence-electron chi connectivity index (χ4n) is 3.09. The second-order valence-corrected chi connectivity index (χ2v) is 6.90. The molecule has 1 aromatic carbocycles. The quantitative estimate of drug-likeness (QED) is 0.830. The molecule has 0 saturated heterocycles. The average molecular weight is 387 g/mol. The van der Waals surface area contributed by atoms with Crippen molar-refractivity contribution >= 4 is 29.1 Å². The molecule has 134 valence electrons. The summed E-state index contributed by atoms with van der Waals surface area (Å²) in [6.07, 6.45) is 3.68. The number of rotatable bonds is 4. The van der Waals surface area contributed by atoms with E-state index in [1.807, 2.05) is 0 Å². The van der Waals surface area contributed by atoms with Crippen molar-refractivity contribution in [3.63, 3.8) is 0 Å². The summed E-state index contributed by atoms with van der Waals surface area (Å²) in [7, 11) is 0. The SMILES string of the molecule is O=C(N[C@@H]1CCCC[C@@H]1CO)c1noc(-c2ccc(Cl)c(F)c2)c1Cl. The normalized spacial score (nSPS) is 20.5. The third-order valence-electron chi connectivity index (χ3n) is 4.49. The molecule has 2 aromatic rings. The van der Waals surface area contributed by atoms with Gasteiger partial charge in [0, 0.05) is 24.1 Å². The molecule has 2 atom stereocenters. The predicted molar refractivity (Wildman–Crippen MR) is 92.2 cm³/mol. The molecule has 0 bridgehead atoms. The Bertz CT molecular complexity index is 781. The monoisotopic (exact) mass is 386 g/mol. The van der Waals surface area contributed by atoms with E-state index in [2.05, 4.69) is 10.5 Å². The third kappa shape index (κ3) is 3.81. The van der Waals surface area contributed by atoms with E-state index in [4.69, 9.17) is 27.7 Å². The van der Waals surface area contributed by atoms with Crippen LogP contribution in [0.4, 0.5) is 4.39 Å². The number of aliphatic hydroxyl groups is 1. The standard InChI is InChI=1S/C17H17Cl2FN2O3/c18-11-6-5-9(7-12(11)20)16-14(19)15(22-25-16)17(24)21-13-4-2-1-3-10(13)8-23/h5-7,10,13,23H,1-4,8H2,(H,21,24)/t10-,13-/m1/s1. The molecule has 1 saturated carbocycles. The van der Waals surface area contributed by atoms with Gasteiger partial charge in [0.1, 0.15) is 10.8 Å². The Hall–Kier alpha value is -1.63. The summed E-state index contributed by atoms with van der Waals surface area (Å²) < 4.78 is 18.8. The number of carbonyl (C=O) groups is 1. The Kier molecular flexibility index (Phi) is 5.61. The van der Waals surface area contributed by atoms with Crippen LogP contribution in [0, 0.1) is 11.7 Å². The summed E-state index contributed by atoms with van der Waals surface area (Å²) in [6, 6.07) is 3.94. The molecule has 3 rings (SSSR count). The summed E-state index contributed by atoms with van der Waals surface area (Å²) in [4.78, 5) is 12.5. The maximum Gasteiger partial charge on any atom is 0.275 e. The minimum atomic E-state index is -0.620. The van der Waals surface area contributed by atoms with Gasteiger partial charge in [-0.2, -0.15) is 0 Å². The molecule has 0 aliphatic heterocycles. The lowest BCUT2D eigenvalue weighted by molar-refractivity contribution is 0.0864. The fraction of sp³-hybridized carbons (Fsp3) is 0.412. The number of amides is 1. The van der Waals surface area contributed by atoms with Crippen LogP contribution in [0.5, 0.6) is 0 Å². The van der Waals surface area contributed by atoms with E-state index >= 15 is 0 Å². The zero-order chi connectivity index (χ0) is 18.0. The molecule has 1 heterocycles. The smallest absolute Gasteiger partial charge is 0.275 e. The van der Waals surface area contributed by atoms with E-state index < -0.39 is 11.7 Å². The van der Waals surface area contributed by atoms with Crippen molar-refractivity contribution in [3.05, 3.63) is 39.8 Å². The van der Waals surface area contributed by atoms with E-state index in [1.165, 1.54) is 18.2 Å². The second-order valence-electron chi connectivity index (χ2n) is 6.11. The zero-order valence-corrected chi connectivity index (χ0v) is 14.8. The lowest BCUT2D eigenvalue weighted by atomic mass is 9.85.